The lowest BCUT2D eigenvalue weighted by Gasteiger charge is -2.19. The van der Waals surface area contributed by atoms with E-state index in [1.165, 1.54) is 28.1 Å². The van der Waals surface area contributed by atoms with Gasteiger partial charge in [0, 0.05) is 36.5 Å². The third kappa shape index (κ3) is 3.01. The molecule has 0 spiro atoms. The lowest BCUT2D eigenvalue weighted by Crippen LogP contribution is -2.20. The average Bonchev–Trinajstić information content (AvgIpc) is 2.82. The van der Waals surface area contributed by atoms with Gasteiger partial charge in [-0.05, 0) is 66.8 Å². The number of hydrogen-bond acceptors (Lipinski definition) is 2. The number of halogens is 1. The predicted molar refractivity (Wildman–Crippen MR) is 91.8 cm³/mol. The molecule has 2 aromatic carbocycles. The monoisotopic (exact) mass is 300 g/mol. The van der Waals surface area contributed by atoms with E-state index in [9.17, 15) is 0 Å². The molecular formula is C18H21ClN2. The molecule has 0 bridgehead atoms. The van der Waals surface area contributed by atoms with Crippen LogP contribution in [0.2, 0.25) is 5.02 Å². The summed E-state index contributed by atoms with van der Waals surface area (Å²) in [5.41, 5.74) is 6.54. The Morgan fingerprint density at radius 1 is 1.05 bits per heavy atom. The first-order valence-corrected chi connectivity index (χ1v) is 7.72. The maximum absolute atomic E-state index is 6.08. The summed E-state index contributed by atoms with van der Waals surface area (Å²) in [6.07, 6.45) is 2.12. The van der Waals surface area contributed by atoms with Gasteiger partial charge in [0.15, 0.2) is 0 Å². The number of hydrogen-bond donors (Lipinski definition) is 1. The Morgan fingerprint density at radius 2 is 1.81 bits per heavy atom. The summed E-state index contributed by atoms with van der Waals surface area (Å²) < 4.78 is 0. The fourth-order valence-electron chi connectivity index (χ4n) is 3.00. The highest BCUT2D eigenvalue weighted by molar-refractivity contribution is 6.30. The van der Waals surface area contributed by atoms with Crippen LogP contribution < -0.4 is 10.2 Å². The second kappa shape index (κ2) is 5.61. The van der Waals surface area contributed by atoms with Gasteiger partial charge >= 0.3 is 0 Å². The molecule has 0 amide bonds. The fraction of sp³-hybridized carbons (Fsp3) is 0.333. The minimum absolute atomic E-state index is 0.461. The van der Waals surface area contributed by atoms with E-state index in [1.807, 2.05) is 6.07 Å². The molecule has 2 aromatic rings. The van der Waals surface area contributed by atoms with Crippen LogP contribution in [0.3, 0.4) is 0 Å². The Morgan fingerprint density at radius 3 is 2.52 bits per heavy atom. The number of fused-ring (bicyclic) bond motifs is 1. The van der Waals surface area contributed by atoms with Gasteiger partial charge in [0.25, 0.3) is 0 Å². The van der Waals surface area contributed by atoms with Crippen molar-refractivity contribution in [2.75, 3.05) is 24.3 Å². The predicted octanol–water partition coefficient (Wildman–Crippen LogP) is 4.29. The van der Waals surface area contributed by atoms with Gasteiger partial charge < -0.3 is 10.2 Å². The second-order valence-electron chi connectivity index (χ2n) is 6.06. The van der Waals surface area contributed by atoms with Gasteiger partial charge in [-0.2, -0.15) is 0 Å². The number of rotatable bonds is 3. The molecule has 110 valence electrons. The van der Waals surface area contributed by atoms with Crippen molar-refractivity contribution in [2.45, 2.75) is 25.8 Å². The molecule has 1 N–H and O–H groups in total. The Labute approximate surface area is 131 Å². The number of benzene rings is 2. The topological polar surface area (TPSA) is 15.3 Å². The highest BCUT2D eigenvalue weighted by Crippen LogP contribution is 2.29. The molecule has 0 aliphatic heterocycles. The minimum Gasteiger partial charge on any atom is -0.381 e. The summed E-state index contributed by atoms with van der Waals surface area (Å²) in [5.74, 6) is 0. The van der Waals surface area contributed by atoms with Crippen LogP contribution in [0, 0.1) is 6.92 Å². The largest absolute Gasteiger partial charge is 0.381 e. The van der Waals surface area contributed by atoms with Crippen LogP contribution in [0.1, 0.15) is 16.7 Å². The number of aryl methyl sites for hydroxylation is 1. The molecular weight excluding hydrogens is 280 g/mol. The third-order valence-electron chi connectivity index (χ3n) is 4.19. The maximum Gasteiger partial charge on any atom is 0.0408 e. The van der Waals surface area contributed by atoms with Crippen LogP contribution in [0.25, 0.3) is 0 Å². The Kier molecular flexibility index (Phi) is 3.81. The van der Waals surface area contributed by atoms with Crippen molar-refractivity contribution in [3.05, 3.63) is 58.1 Å². The molecule has 0 fully saturated rings. The van der Waals surface area contributed by atoms with Crippen LogP contribution in [0.4, 0.5) is 11.4 Å². The summed E-state index contributed by atoms with van der Waals surface area (Å²) in [4.78, 5) is 2.13. The van der Waals surface area contributed by atoms with Gasteiger partial charge in [-0.25, -0.2) is 0 Å². The van der Waals surface area contributed by atoms with E-state index in [1.54, 1.807) is 0 Å². The smallest absolute Gasteiger partial charge is 0.0408 e. The van der Waals surface area contributed by atoms with Crippen molar-refractivity contribution < 1.29 is 0 Å². The molecule has 1 aliphatic rings. The van der Waals surface area contributed by atoms with E-state index < -0.39 is 0 Å². The van der Waals surface area contributed by atoms with Crippen molar-refractivity contribution >= 4 is 23.0 Å². The van der Waals surface area contributed by atoms with Crippen molar-refractivity contribution in [3.8, 4) is 0 Å². The number of nitrogens with one attached hydrogen (secondary N) is 1. The fourth-order valence-corrected chi connectivity index (χ4v) is 3.19. The maximum atomic E-state index is 6.08. The normalized spacial score (nSPS) is 16.7. The Bertz CT molecular complexity index is 664. The highest BCUT2D eigenvalue weighted by atomic mass is 35.5. The lowest BCUT2D eigenvalue weighted by molar-refractivity contribution is 0.773. The van der Waals surface area contributed by atoms with Gasteiger partial charge in [0.05, 0.1) is 0 Å². The third-order valence-corrected chi connectivity index (χ3v) is 4.42. The highest BCUT2D eigenvalue weighted by Gasteiger charge is 2.21. The van der Waals surface area contributed by atoms with E-state index >= 15 is 0 Å². The molecule has 1 unspecified atom stereocenters. The molecule has 0 radical (unpaired) electrons. The van der Waals surface area contributed by atoms with Crippen LogP contribution in [-0.4, -0.2) is 20.1 Å². The van der Waals surface area contributed by atoms with E-state index in [0.717, 1.165) is 17.9 Å². The zero-order chi connectivity index (χ0) is 15.0. The van der Waals surface area contributed by atoms with E-state index in [-0.39, 0.29) is 0 Å². The molecule has 3 rings (SSSR count). The average molecular weight is 301 g/mol. The molecule has 0 heterocycles. The first kappa shape index (κ1) is 14.3. The lowest BCUT2D eigenvalue weighted by atomic mass is 10.1. The summed E-state index contributed by atoms with van der Waals surface area (Å²) >= 11 is 6.08. The second-order valence-corrected chi connectivity index (χ2v) is 6.49. The summed E-state index contributed by atoms with van der Waals surface area (Å²) in [6.45, 7) is 2.16. The van der Waals surface area contributed by atoms with Gasteiger partial charge in [0.2, 0.25) is 0 Å². The molecule has 0 aromatic heterocycles. The quantitative estimate of drug-likeness (QED) is 0.909. The van der Waals surface area contributed by atoms with Crippen molar-refractivity contribution in [1.29, 1.82) is 0 Å². The van der Waals surface area contributed by atoms with E-state index in [0.29, 0.717) is 6.04 Å². The van der Waals surface area contributed by atoms with E-state index in [4.69, 9.17) is 11.6 Å². The zero-order valence-corrected chi connectivity index (χ0v) is 13.5. The van der Waals surface area contributed by atoms with Gasteiger partial charge in [0.1, 0.15) is 0 Å². The molecule has 2 nitrogen and oxygen atoms in total. The van der Waals surface area contributed by atoms with Crippen LogP contribution in [0.15, 0.2) is 36.4 Å². The minimum atomic E-state index is 0.461. The van der Waals surface area contributed by atoms with Crippen LogP contribution >= 0.6 is 11.6 Å². The summed E-state index contributed by atoms with van der Waals surface area (Å²) in [6, 6.07) is 13.3. The Balaban J connectivity index is 1.74. The van der Waals surface area contributed by atoms with Crippen molar-refractivity contribution in [1.82, 2.24) is 0 Å². The SMILES string of the molecule is Cc1cc(N(C)C)ccc1NC1Cc2ccc(Cl)cc2C1. The first-order chi connectivity index (χ1) is 10.0. The zero-order valence-electron chi connectivity index (χ0n) is 12.8. The number of nitrogens with zero attached hydrogens (tertiary/aromatic N) is 1. The van der Waals surface area contributed by atoms with Gasteiger partial charge in [-0.1, -0.05) is 17.7 Å². The van der Waals surface area contributed by atoms with Crippen LogP contribution in [-0.2, 0) is 12.8 Å². The Hall–Kier alpha value is -1.67. The van der Waals surface area contributed by atoms with E-state index in [2.05, 4.69) is 61.6 Å². The van der Waals surface area contributed by atoms with Crippen molar-refractivity contribution in [3.63, 3.8) is 0 Å². The molecule has 0 saturated heterocycles. The summed E-state index contributed by atoms with van der Waals surface area (Å²) in [7, 11) is 4.14. The van der Waals surface area contributed by atoms with Gasteiger partial charge in [-0.15, -0.1) is 0 Å². The van der Waals surface area contributed by atoms with Crippen LogP contribution in [0.5, 0.6) is 0 Å². The molecule has 0 saturated carbocycles. The molecule has 1 atom stereocenters. The van der Waals surface area contributed by atoms with Gasteiger partial charge in [-0.3, -0.25) is 0 Å². The number of anilines is 2. The first-order valence-electron chi connectivity index (χ1n) is 7.35. The summed E-state index contributed by atoms with van der Waals surface area (Å²) in [5, 5.41) is 4.51. The molecule has 3 heteroatoms. The standard InChI is InChI=1S/C18H21ClN2/c1-12-8-17(21(2)3)6-7-18(12)20-16-10-13-4-5-15(19)9-14(13)11-16/h4-9,16,20H,10-11H2,1-3H3. The van der Waals surface area contributed by atoms with Crippen molar-refractivity contribution in [2.24, 2.45) is 0 Å². The molecule has 21 heavy (non-hydrogen) atoms. The molecule has 1 aliphatic carbocycles.